The summed E-state index contributed by atoms with van der Waals surface area (Å²) in [5, 5.41) is 8.50. The van der Waals surface area contributed by atoms with Gasteiger partial charge in [0.1, 0.15) is 22.5 Å². The zero-order valence-electron chi connectivity index (χ0n) is 22.2. The molecule has 0 aliphatic carbocycles. The number of hydrogen-bond donors (Lipinski definition) is 1. The fraction of sp³-hybridized carbons (Fsp3) is 0.423. The molecule has 0 unspecified atom stereocenters. The van der Waals surface area contributed by atoms with Gasteiger partial charge in [-0.05, 0) is 19.2 Å². The zero-order chi connectivity index (χ0) is 28.8. The van der Waals surface area contributed by atoms with Crippen LogP contribution in [-0.4, -0.2) is 99.7 Å². The van der Waals surface area contributed by atoms with E-state index in [0.29, 0.717) is 60.3 Å². The minimum Gasteiger partial charge on any atom is -0.458 e. The van der Waals surface area contributed by atoms with Crippen LogP contribution in [-0.2, 0) is 4.79 Å². The van der Waals surface area contributed by atoms with Crippen LogP contribution in [0, 0.1) is 5.92 Å². The van der Waals surface area contributed by atoms with Crippen LogP contribution >= 0.6 is 23.2 Å². The highest BCUT2D eigenvalue weighted by Gasteiger charge is 2.39. The highest BCUT2D eigenvalue weighted by molar-refractivity contribution is 6.44. The largest absolute Gasteiger partial charge is 0.458 e. The van der Waals surface area contributed by atoms with Gasteiger partial charge in [-0.2, -0.15) is 15.1 Å². The molecular weight excluding hydrogens is 581 g/mol. The number of carbonyl (C=O) groups excluding carboxylic acids is 1. The molecule has 3 aromatic heterocycles. The lowest BCUT2D eigenvalue weighted by Crippen LogP contribution is -2.48. The topological polar surface area (TPSA) is 113 Å². The van der Waals surface area contributed by atoms with E-state index in [0.717, 1.165) is 0 Å². The van der Waals surface area contributed by atoms with E-state index in [9.17, 15) is 13.6 Å². The number of carbonyl (C=O) groups is 1. The van der Waals surface area contributed by atoms with Crippen molar-refractivity contribution in [2.75, 3.05) is 51.2 Å². The molecule has 0 bridgehead atoms. The maximum absolute atomic E-state index is 13.8. The SMILES string of the molecule is CC(=O)N1CCN(c2nc(O[C@H]3CN(C)C[C@@H]3C(F)F)nc3c(Oc4c(Cl)c(Cl)cc5[nH]ncc45)nccc23)CC1. The molecule has 2 saturated heterocycles. The molecule has 216 valence electrons. The molecule has 4 aromatic rings. The molecule has 6 rings (SSSR count). The number of likely N-dealkylation sites (tertiary alicyclic amines) is 1. The molecule has 1 amide bonds. The number of nitrogens with one attached hydrogen (secondary N) is 1. The van der Waals surface area contributed by atoms with Gasteiger partial charge in [-0.15, -0.1) is 0 Å². The Bertz CT molecular complexity index is 1610. The molecule has 2 atom stereocenters. The van der Waals surface area contributed by atoms with Gasteiger partial charge in [-0.25, -0.2) is 13.8 Å². The number of hydrogen-bond acceptors (Lipinski definition) is 9. The van der Waals surface area contributed by atoms with Gasteiger partial charge in [0, 0.05) is 52.4 Å². The lowest BCUT2D eigenvalue weighted by molar-refractivity contribution is -0.129. The van der Waals surface area contributed by atoms with Crippen molar-refractivity contribution in [1.29, 1.82) is 0 Å². The minimum absolute atomic E-state index is 0.00606. The standard InChI is InChI=1S/C26H26Cl2F2N8O3/c1-13(39)37-5-7-38(8-6-37)24-14-3-4-31-25(41-22-15-10-32-35-18(15)9-17(27)20(22)28)21(14)33-26(34-24)40-19-12-36(2)11-16(19)23(29)30/h3-4,9-10,16,19,23H,5-8,11-12H2,1-2H3,(H,32,35)/t16-,19-/m0/s1. The fourth-order valence-electron chi connectivity index (χ4n) is 5.29. The van der Waals surface area contributed by atoms with Gasteiger partial charge < -0.3 is 24.2 Å². The smallest absolute Gasteiger partial charge is 0.319 e. The van der Waals surface area contributed by atoms with Gasteiger partial charge in [-0.1, -0.05) is 23.2 Å². The third kappa shape index (κ3) is 5.29. The summed E-state index contributed by atoms with van der Waals surface area (Å²) in [5.74, 6) is -0.152. The Hall–Kier alpha value is -3.55. The highest BCUT2D eigenvalue weighted by Crippen LogP contribution is 2.42. The number of fused-ring (bicyclic) bond motifs is 2. The van der Waals surface area contributed by atoms with Crippen molar-refractivity contribution in [3.8, 4) is 17.6 Å². The molecule has 41 heavy (non-hydrogen) atoms. The van der Waals surface area contributed by atoms with Gasteiger partial charge in [-0.3, -0.25) is 9.89 Å². The Kier molecular flexibility index (Phi) is 7.43. The number of aromatic nitrogens is 5. The van der Waals surface area contributed by atoms with Crippen molar-refractivity contribution < 1.29 is 23.0 Å². The average Bonchev–Trinajstić information content (AvgIpc) is 3.57. The number of anilines is 1. The number of alkyl halides is 2. The number of nitrogens with zero attached hydrogens (tertiary/aromatic N) is 7. The van der Waals surface area contributed by atoms with E-state index in [-0.39, 0.29) is 40.1 Å². The molecule has 2 fully saturated rings. The first-order valence-corrected chi connectivity index (χ1v) is 13.7. The van der Waals surface area contributed by atoms with Crippen molar-refractivity contribution in [1.82, 2.24) is 34.9 Å². The molecule has 2 aliphatic heterocycles. The minimum atomic E-state index is -2.56. The van der Waals surface area contributed by atoms with Crippen LogP contribution in [0.4, 0.5) is 14.6 Å². The number of likely N-dealkylation sites (N-methyl/N-ethyl adjacent to an activating group) is 1. The van der Waals surface area contributed by atoms with Crippen LogP contribution in [0.25, 0.3) is 21.8 Å². The summed E-state index contributed by atoms with van der Waals surface area (Å²) < 4.78 is 39.9. The first-order valence-electron chi connectivity index (χ1n) is 13.0. The zero-order valence-corrected chi connectivity index (χ0v) is 23.7. The van der Waals surface area contributed by atoms with Crippen molar-refractivity contribution in [2.45, 2.75) is 19.5 Å². The first kappa shape index (κ1) is 27.6. The predicted octanol–water partition coefficient (Wildman–Crippen LogP) is 4.24. The molecule has 0 saturated carbocycles. The molecule has 11 nitrogen and oxygen atoms in total. The Labute approximate surface area is 243 Å². The summed E-state index contributed by atoms with van der Waals surface area (Å²) >= 11 is 12.9. The average molecular weight is 607 g/mol. The van der Waals surface area contributed by atoms with E-state index in [2.05, 4.69) is 25.1 Å². The second-order valence-electron chi connectivity index (χ2n) is 10.1. The molecule has 0 spiro atoms. The summed E-state index contributed by atoms with van der Waals surface area (Å²) in [6.45, 7) is 4.05. The molecule has 5 heterocycles. The number of halogens is 4. The number of piperazine rings is 1. The number of amides is 1. The Morgan fingerprint density at radius 3 is 2.66 bits per heavy atom. The number of aromatic amines is 1. The van der Waals surface area contributed by atoms with Crippen LogP contribution in [0.2, 0.25) is 10.0 Å². The second-order valence-corrected chi connectivity index (χ2v) is 10.9. The number of pyridine rings is 1. The number of H-pyrrole nitrogens is 1. The summed E-state index contributed by atoms with van der Waals surface area (Å²) in [5.41, 5.74) is 0.912. The van der Waals surface area contributed by atoms with Crippen LogP contribution < -0.4 is 14.4 Å². The molecule has 0 radical (unpaired) electrons. The monoisotopic (exact) mass is 606 g/mol. The van der Waals surface area contributed by atoms with E-state index in [1.54, 1.807) is 41.4 Å². The van der Waals surface area contributed by atoms with Gasteiger partial charge in [0.25, 0.3) is 0 Å². The molecule has 1 aromatic carbocycles. The van der Waals surface area contributed by atoms with Crippen LogP contribution in [0.1, 0.15) is 6.92 Å². The normalized spacial score (nSPS) is 20.0. The molecule has 2 aliphatic rings. The van der Waals surface area contributed by atoms with E-state index < -0.39 is 18.4 Å². The quantitative estimate of drug-likeness (QED) is 0.344. The second kappa shape index (κ2) is 11.0. The third-order valence-electron chi connectivity index (χ3n) is 7.43. The maximum atomic E-state index is 13.8. The van der Waals surface area contributed by atoms with Crippen LogP contribution in [0.3, 0.4) is 0 Å². The van der Waals surface area contributed by atoms with Crippen molar-refractivity contribution in [3.63, 3.8) is 0 Å². The maximum Gasteiger partial charge on any atom is 0.319 e. The van der Waals surface area contributed by atoms with E-state index >= 15 is 0 Å². The lowest BCUT2D eigenvalue weighted by Gasteiger charge is -2.35. The van der Waals surface area contributed by atoms with Gasteiger partial charge in [0.2, 0.25) is 18.2 Å². The predicted molar refractivity (Wildman–Crippen MR) is 149 cm³/mol. The summed E-state index contributed by atoms with van der Waals surface area (Å²) in [7, 11) is 1.77. The molecule has 15 heteroatoms. The third-order valence-corrected chi connectivity index (χ3v) is 8.20. The first-order chi connectivity index (χ1) is 19.7. The Morgan fingerprint density at radius 2 is 1.93 bits per heavy atom. The van der Waals surface area contributed by atoms with Crippen LogP contribution in [0.5, 0.6) is 17.6 Å². The van der Waals surface area contributed by atoms with Gasteiger partial charge in [0.05, 0.1) is 33.4 Å². The van der Waals surface area contributed by atoms with Gasteiger partial charge in [0.15, 0.2) is 5.75 Å². The summed E-state index contributed by atoms with van der Waals surface area (Å²) in [6.07, 6.45) is -0.260. The Balaban J connectivity index is 1.44. The van der Waals surface area contributed by atoms with E-state index in [1.807, 2.05) is 4.90 Å². The molecule has 1 N–H and O–H groups in total. The summed E-state index contributed by atoms with van der Waals surface area (Å²) in [6, 6.07) is 3.31. The van der Waals surface area contributed by atoms with Crippen molar-refractivity contribution in [2.24, 2.45) is 5.92 Å². The van der Waals surface area contributed by atoms with E-state index in [4.69, 9.17) is 32.7 Å². The Morgan fingerprint density at radius 1 is 1.15 bits per heavy atom. The van der Waals surface area contributed by atoms with Crippen molar-refractivity contribution >= 4 is 56.7 Å². The number of benzene rings is 1. The fourth-order valence-corrected chi connectivity index (χ4v) is 5.68. The lowest BCUT2D eigenvalue weighted by atomic mass is 10.1. The number of rotatable bonds is 6. The van der Waals surface area contributed by atoms with Gasteiger partial charge >= 0.3 is 6.01 Å². The van der Waals surface area contributed by atoms with E-state index in [1.165, 1.54) is 6.92 Å². The van der Waals surface area contributed by atoms with Crippen molar-refractivity contribution in [3.05, 3.63) is 34.6 Å². The molecular formula is C26H26Cl2F2N8O3. The number of ether oxygens (including phenoxy) is 2. The van der Waals surface area contributed by atoms with Crippen LogP contribution in [0.15, 0.2) is 24.5 Å². The highest BCUT2D eigenvalue weighted by atomic mass is 35.5. The summed E-state index contributed by atoms with van der Waals surface area (Å²) in [4.78, 5) is 31.1.